The predicted octanol–water partition coefficient (Wildman–Crippen LogP) is 0.408. The SMILES string of the molecule is Cc1cc(C(N)=S)nc(NC2CCS(=O)(=O)CC2)n1. The first-order valence-corrected chi connectivity index (χ1v) is 8.21. The molecule has 8 heteroatoms. The molecule has 104 valence electrons. The molecule has 0 unspecified atom stereocenters. The fraction of sp³-hybridized carbons (Fsp3) is 0.545. The number of thiocarbonyl (C=S) groups is 1. The van der Waals surface area contributed by atoms with Gasteiger partial charge in [-0.3, -0.25) is 0 Å². The lowest BCUT2D eigenvalue weighted by molar-refractivity contribution is 0.558. The van der Waals surface area contributed by atoms with E-state index in [4.69, 9.17) is 18.0 Å². The molecule has 3 N–H and O–H groups in total. The van der Waals surface area contributed by atoms with Crippen molar-refractivity contribution in [3.8, 4) is 0 Å². The molecule has 1 fully saturated rings. The highest BCUT2D eigenvalue weighted by Crippen LogP contribution is 2.16. The molecule has 6 nitrogen and oxygen atoms in total. The van der Waals surface area contributed by atoms with E-state index < -0.39 is 9.84 Å². The number of anilines is 1. The fourth-order valence-corrected chi connectivity index (χ4v) is 3.57. The number of hydrogen-bond donors (Lipinski definition) is 2. The van der Waals surface area contributed by atoms with Gasteiger partial charge < -0.3 is 11.1 Å². The topological polar surface area (TPSA) is 98.0 Å². The van der Waals surface area contributed by atoms with Gasteiger partial charge in [-0.05, 0) is 25.8 Å². The molecule has 0 spiro atoms. The van der Waals surface area contributed by atoms with Crippen molar-refractivity contribution in [2.45, 2.75) is 25.8 Å². The normalized spacial score (nSPS) is 19.0. The summed E-state index contributed by atoms with van der Waals surface area (Å²) in [4.78, 5) is 8.71. The quantitative estimate of drug-likeness (QED) is 0.780. The molecule has 0 aromatic carbocycles. The highest BCUT2D eigenvalue weighted by molar-refractivity contribution is 7.91. The lowest BCUT2D eigenvalue weighted by Gasteiger charge is -2.23. The number of aryl methyl sites for hydroxylation is 1. The molecular weight excluding hydrogens is 284 g/mol. The van der Waals surface area contributed by atoms with Crippen LogP contribution in [0.4, 0.5) is 5.95 Å². The van der Waals surface area contributed by atoms with E-state index in [9.17, 15) is 8.42 Å². The third kappa shape index (κ3) is 3.84. The van der Waals surface area contributed by atoms with Crippen LogP contribution in [0.3, 0.4) is 0 Å². The van der Waals surface area contributed by atoms with Gasteiger partial charge in [0.05, 0.1) is 11.5 Å². The molecule has 2 rings (SSSR count). The number of nitrogens with two attached hydrogens (primary N) is 1. The van der Waals surface area contributed by atoms with Gasteiger partial charge in [0.1, 0.15) is 20.5 Å². The zero-order valence-electron chi connectivity index (χ0n) is 10.6. The zero-order valence-corrected chi connectivity index (χ0v) is 12.2. The minimum Gasteiger partial charge on any atom is -0.388 e. The summed E-state index contributed by atoms with van der Waals surface area (Å²) in [5.41, 5.74) is 6.84. The van der Waals surface area contributed by atoms with E-state index in [1.165, 1.54) is 0 Å². The van der Waals surface area contributed by atoms with Gasteiger partial charge in [0.15, 0.2) is 0 Å². The highest BCUT2D eigenvalue weighted by Gasteiger charge is 2.24. The standard InChI is InChI=1S/C11H16N4O2S2/c1-7-6-9(10(12)18)15-11(13-7)14-8-2-4-19(16,17)5-3-8/h6,8H,2-5H2,1H3,(H2,12,18)(H,13,14,15). The Bertz CT molecular complexity index is 587. The van der Waals surface area contributed by atoms with E-state index in [0.29, 0.717) is 24.5 Å². The highest BCUT2D eigenvalue weighted by atomic mass is 32.2. The minimum absolute atomic E-state index is 0.0736. The maximum absolute atomic E-state index is 11.4. The first-order valence-electron chi connectivity index (χ1n) is 5.98. The molecular formula is C11H16N4O2S2. The van der Waals surface area contributed by atoms with Gasteiger partial charge in [-0.25, -0.2) is 18.4 Å². The molecule has 2 heterocycles. The Kier molecular flexibility index (Phi) is 4.00. The summed E-state index contributed by atoms with van der Waals surface area (Å²) >= 11 is 4.90. The molecule has 0 saturated carbocycles. The van der Waals surface area contributed by atoms with Gasteiger partial charge in [0, 0.05) is 11.7 Å². The van der Waals surface area contributed by atoms with Crippen molar-refractivity contribution >= 4 is 33.0 Å². The smallest absolute Gasteiger partial charge is 0.223 e. The van der Waals surface area contributed by atoms with Crippen LogP contribution in [0.15, 0.2) is 6.07 Å². The third-order valence-corrected chi connectivity index (χ3v) is 4.92. The van der Waals surface area contributed by atoms with Gasteiger partial charge in [-0.15, -0.1) is 0 Å². The van der Waals surface area contributed by atoms with Crippen molar-refractivity contribution < 1.29 is 8.42 Å². The predicted molar refractivity (Wildman–Crippen MR) is 78.0 cm³/mol. The van der Waals surface area contributed by atoms with Crippen LogP contribution in [-0.4, -0.2) is 40.9 Å². The average Bonchev–Trinajstić information content (AvgIpc) is 2.31. The lowest BCUT2D eigenvalue weighted by atomic mass is 10.1. The van der Waals surface area contributed by atoms with Crippen molar-refractivity contribution in [2.75, 3.05) is 16.8 Å². The fourth-order valence-electron chi connectivity index (χ4n) is 1.98. The zero-order chi connectivity index (χ0) is 14.0. The van der Waals surface area contributed by atoms with Crippen LogP contribution in [0.1, 0.15) is 24.2 Å². The molecule has 1 aromatic heterocycles. The van der Waals surface area contributed by atoms with Crippen LogP contribution in [0.25, 0.3) is 0 Å². The summed E-state index contributed by atoms with van der Waals surface area (Å²) in [6.07, 6.45) is 1.14. The van der Waals surface area contributed by atoms with E-state index in [2.05, 4.69) is 15.3 Å². The summed E-state index contributed by atoms with van der Waals surface area (Å²) in [6.45, 7) is 1.83. The molecule has 0 radical (unpaired) electrons. The third-order valence-electron chi connectivity index (χ3n) is 2.99. The number of nitrogens with one attached hydrogen (secondary N) is 1. The Labute approximate surface area is 117 Å². The maximum Gasteiger partial charge on any atom is 0.223 e. The molecule has 19 heavy (non-hydrogen) atoms. The second kappa shape index (κ2) is 5.38. The Hall–Kier alpha value is -1.28. The second-order valence-electron chi connectivity index (χ2n) is 4.65. The Morgan fingerprint density at radius 1 is 1.42 bits per heavy atom. The van der Waals surface area contributed by atoms with Gasteiger partial charge in [0.25, 0.3) is 0 Å². The molecule has 1 saturated heterocycles. The van der Waals surface area contributed by atoms with Crippen molar-refractivity contribution in [3.05, 3.63) is 17.5 Å². The van der Waals surface area contributed by atoms with Crippen LogP contribution >= 0.6 is 12.2 Å². The van der Waals surface area contributed by atoms with Gasteiger partial charge in [-0.2, -0.15) is 0 Å². The van der Waals surface area contributed by atoms with E-state index in [-0.39, 0.29) is 22.5 Å². The Morgan fingerprint density at radius 2 is 2.05 bits per heavy atom. The molecule has 1 aromatic rings. The monoisotopic (exact) mass is 300 g/mol. The number of sulfone groups is 1. The Morgan fingerprint density at radius 3 is 2.63 bits per heavy atom. The van der Waals surface area contributed by atoms with E-state index in [0.717, 1.165) is 5.69 Å². The van der Waals surface area contributed by atoms with Crippen molar-refractivity contribution in [1.82, 2.24) is 9.97 Å². The largest absolute Gasteiger partial charge is 0.388 e. The Balaban J connectivity index is 2.09. The van der Waals surface area contributed by atoms with E-state index >= 15 is 0 Å². The van der Waals surface area contributed by atoms with E-state index in [1.807, 2.05) is 6.92 Å². The lowest BCUT2D eigenvalue weighted by Crippen LogP contribution is -2.33. The molecule has 1 aliphatic rings. The molecule has 0 amide bonds. The van der Waals surface area contributed by atoms with Gasteiger partial charge in [-0.1, -0.05) is 12.2 Å². The summed E-state index contributed by atoms with van der Waals surface area (Å²) in [5, 5.41) is 3.15. The minimum atomic E-state index is -2.86. The summed E-state index contributed by atoms with van der Waals surface area (Å²) in [5.74, 6) is 0.865. The molecule has 0 bridgehead atoms. The van der Waals surface area contributed by atoms with Crippen LogP contribution in [-0.2, 0) is 9.84 Å². The molecule has 0 atom stereocenters. The average molecular weight is 300 g/mol. The first-order chi connectivity index (χ1) is 8.85. The summed E-state index contributed by atoms with van der Waals surface area (Å²) < 4.78 is 22.7. The number of hydrogen-bond acceptors (Lipinski definition) is 6. The van der Waals surface area contributed by atoms with Crippen molar-refractivity contribution in [2.24, 2.45) is 5.73 Å². The van der Waals surface area contributed by atoms with E-state index in [1.54, 1.807) is 6.07 Å². The van der Waals surface area contributed by atoms with Crippen LogP contribution < -0.4 is 11.1 Å². The molecule has 1 aliphatic heterocycles. The van der Waals surface area contributed by atoms with Crippen molar-refractivity contribution in [3.63, 3.8) is 0 Å². The van der Waals surface area contributed by atoms with Gasteiger partial charge >= 0.3 is 0 Å². The maximum atomic E-state index is 11.4. The molecule has 0 aliphatic carbocycles. The van der Waals surface area contributed by atoms with Crippen LogP contribution in [0, 0.1) is 6.92 Å². The van der Waals surface area contributed by atoms with Crippen molar-refractivity contribution in [1.29, 1.82) is 0 Å². The van der Waals surface area contributed by atoms with Crippen LogP contribution in [0.5, 0.6) is 0 Å². The number of nitrogens with zero attached hydrogens (tertiary/aromatic N) is 2. The summed E-state index contributed by atoms with van der Waals surface area (Å²) in [6, 6.07) is 1.79. The first kappa shape index (κ1) is 14.1. The number of aromatic nitrogens is 2. The van der Waals surface area contributed by atoms with Gasteiger partial charge in [0.2, 0.25) is 5.95 Å². The van der Waals surface area contributed by atoms with Crippen LogP contribution in [0.2, 0.25) is 0 Å². The second-order valence-corrected chi connectivity index (χ2v) is 7.40. The number of rotatable bonds is 3. The summed E-state index contributed by atoms with van der Waals surface area (Å²) in [7, 11) is -2.86.